The largest absolute Gasteiger partial charge is 0.357 e. The molecule has 0 unspecified atom stereocenters. The van der Waals surface area contributed by atoms with Gasteiger partial charge in [-0.1, -0.05) is 41.4 Å². The number of carbonyl (C=O) groups is 1. The average Bonchev–Trinajstić information content (AvgIpc) is 3.58. The molecule has 2 saturated heterocycles. The van der Waals surface area contributed by atoms with E-state index in [1.54, 1.807) is 6.07 Å². The van der Waals surface area contributed by atoms with Crippen LogP contribution in [-0.4, -0.2) is 49.3 Å². The third-order valence-corrected chi connectivity index (χ3v) is 10.6. The second-order valence-electron chi connectivity index (χ2n) is 9.68. The molecule has 2 aliphatic rings. The van der Waals surface area contributed by atoms with E-state index in [1.165, 1.54) is 22.4 Å². The highest BCUT2D eigenvalue weighted by molar-refractivity contribution is 7.91. The molecule has 0 aliphatic carbocycles. The first kappa shape index (κ1) is 26.2. The van der Waals surface area contributed by atoms with E-state index in [-0.39, 0.29) is 10.1 Å². The molecular formula is C27H31ClN4O3S2. The summed E-state index contributed by atoms with van der Waals surface area (Å²) in [4.78, 5) is 20.5. The zero-order chi connectivity index (χ0) is 26.0. The third-order valence-electron chi connectivity index (χ3n) is 6.98. The molecule has 1 amide bonds. The number of rotatable bonds is 7. The number of aromatic nitrogens is 1. The average molecular weight is 559 g/mol. The topological polar surface area (TPSA) is 82.6 Å². The van der Waals surface area contributed by atoms with Crippen molar-refractivity contribution in [3.8, 4) is 11.3 Å². The van der Waals surface area contributed by atoms with Gasteiger partial charge >= 0.3 is 0 Å². The number of sulfonamides is 1. The van der Waals surface area contributed by atoms with Gasteiger partial charge in [-0.25, -0.2) is 13.4 Å². The first-order valence-electron chi connectivity index (χ1n) is 12.7. The normalized spacial score (nSPS) is 18.8. The predicted octanol–water partition coefficient (Wildman–Crippen LogP) is 5.23. The van der Waals surface area contributed by atoms with Gasteiger partial charge in [0.05, 0.1) is 10.0 Å². The van der Waals surface area contributed by atoms with E-state index in [9.17, 15) is 13.2 Å². The van der Waals surface area contributed by atoms with Crippen molar-refractivity contribution in [1.82, 2.24) is 14.6 Å². The van der Waals surface area contributed by atoms with Crippen LogP contribution in [0, 0.1) is 6.92 Å². The highest BCUT2D eigenvalue weighted by Crippen LogP contribution is 2.32. The number of amides is 1. The number of piperidine rings is 1. The van der Waals surface area contributed by atoms with Crippen molar-refractivity contribution < 1.29 is 13.2 Å². The number of hydrogen-bond donors (Lipinski definition) is 1. The van der Waals surface area contributed by atoms with Crippen LogP contribution in [0.4, 0.5) is 5.82 Å². The monoisotopic (exact) mass is 558 g/mol. The van der Waals surface area contributed by atoms with Gasteiger partial charge in [0, 0.05) is 31.7 Å². The van der Waals surface area contributed by atoms with Gasteiger partial charge in [0.15, 0.2) is 0 Å². The summed E-state index contributed by atoms with van der Waals surface area (Å²) in [5.41, 5.74) is 4.02. The minimum atomic E-state index is -3.77. The number of carbonyl (C=O) groups excluding carboxylic acids is 1. The molecule has 0 radical (unpaired) electrons. The van der Waals surface area contributed by atoms with E-state index in [0.29, 0.717) is 30.3 Å². The number of nitrogens with one attached hydrogen (secondary N) is 1. The lowest BCUT2D eigenvalue weighted by atomic mass is 10.1. The number of anilines is 1. The van der Waals surface area contributed by atoms with Crippen LogP contribution in [-0.2, 0) is 21.4 Å². The van der Waals surface area contributed by atoms with Gasteiger partial charge in [-0.3, -0.25) is 4.79 Å². The lowest BCUT2D eigenvalue weighted by Gasteiger charge is -2.28. The van der Waals surface area contributed by atoms with Crippen molar-refractivity contribution in [1.29, 1.82) is 0 Å². The number of benzene rings is 1. The second-order valence-corrected chi connectivity index (χ2v) is 13.5. The predicted molar refractivity (Wildman–Crippen MR) is 149 cm³/mol. The number of nitrogens with zero attached hydrogens (tertiary/aromatic N) is 3. The summed E-state index contributed by atoms with van der Waals surface area (Å²) in [6.45, 7) is 4.62. The molecule has 0 saturated carbocycles. The van der Waals surface area contributed by atoms with Crippen LogP contribution in [0.5, 0.6) is 0 Å². The van der Waals surface area contributed by atoms with Crippen LogP contribution in [0.25, 0.3) is 11.3 Å². The van der Waals surface area contributed by atoms with Gasteiger partial charge in [-0.05, 0) is 68.9 Å². The number of halogens is 1. The van der Waals surface area contributed by atoms with Crippen molar-refractivity contribution in [3.05, 3.63) is 64.0 Å². The second kappa shape index (κ2) is 11.1. The van der Waals surface area contributed by atoms with Crippen molar-refractivity contribution in [3.63, 3.8) is 0 Å². The molecule has 1 N–H and O–H groups in total. The molecule has 3 aromatic rings. The Morgan fingerprint density at radius 1 is 1.05 bits per heavy atom. The molecule has 1 atom stereocenters. The lowest BCUT2D eigenvalue weighted by molar-refractivity contribution is -0.124. The van der Waals surface area contributed by atoms with Crippen LogP contribution in [0.3, 0.4) is 0 Å². The summed E-state index contributed by atoms with van der Waals surface area (Å²) in [6, 6.07) is 14.7. The molecule has 0 spiro atoms. The van der Waals surface area contributed by atoms with E-state index >= 15 is 0 Å². The van der Waals surface area contributed by atoms with Crippen LogP contribution >= 0.6 is 22.9 Å². The van der Waals surface area contributed by atoms with E-state index in [2.05, 4.69) is 41.4 Å². The smallest absolute Gasteiger partial charge is 0.253 e. The molecule has 7 nitrogen and oxygen atoms in total. The Morgan fingerprint density at radius 2 is 1.81 bits per heavy atom. The summed E-state index contributed by atoms with van der Waals surface area (Å²) in [5, 5.41) is 3.00. The summed E-state index contributed by atoms with van der Waals surface area (Å²) in [5.74, 6) is 0.638. The highest BCUT2D eigenvalue weighted by Gasteiger charge is 2.40. The Morgan fingerprint density at radius 3 is 2.51 bits per heavy atom. The van der Waals surface area contributed by atoms with Crippen molar-refractivity contribution in [2.75, 3.05) is 24.5 Å². The highest BCUT2D eigenvalue weighted by atomic mass is 35.5. The molecule has 1 aromatic carbocycles. The zero-order valence-corrected chi connectivity index (χ0v) is 23.2. The molecule has 2 aliphatic heterocycles. The molecule has 2 aromatic heterocycles. The maximum Gasteiger partial charge on any atom is 0.253 e. The van der Waals surface area contributed by atoms with Crippen molar-refractivity contribution in [2.45, 2.75) is 55.8 Å². The van der Waals surface area contributed by atoms with Crippen molar-refractivity contribution >= 4 is 44.7 Å². The van der Waals surface area contributed by atoms with E-state index in [4.69, 9.17) is 16.6 Å². The van der Waals surface area contributed by atoms with E-state index in [0.717, 1.165) is 59.9 Å². The number of hydrogen-bond acceptors (Lipinski definition) is 6. The Balaban J connectivity index is 1.35. The van der Waals surface area contributed by atoms with Gasteiger partial charge in [0.2, 0.25) is 5.91 Å². The van der Waals surface area contributed by atoms with Gasteiger partial charge in [-0.15, -0.1) is 11.3 Å². The molecule has 196 valence electrons. The van der Waals surface area contributed by atoms with Crippen LogP contribution in [0.2, 0.25) is 4.34 Å². The van der Waals surface area contributed by atoms with Gasteiger partial charge in [0.25, 0.3) is 10.0 Å². The fourth-order valence-corrected chi connectivity index (χ4v) is 8.25. The van der Waals surface area contributed by atoms with Gasteiger partial charge in [-0.2, -0.15) is 4.31 Å². The fourth-order valence-electron chi connectivity index (χ4n) is 4.98. The molecule has 10 heteroatoms. The first-order valence-corrected chi connectivity index (χ1v) is 15.3. The van der Waals surface area contributed by atoms with Crippen LogP contribution in [0.1, 0.15) is 43.2 Å². The molecule has 0 bridgehead atoms. The Hall–Kier alpha value is -2.46. The molecule has 37 heavy (non-hydrogen) atoms. The summed E-state index contributed by atoms with van der Waals surface area (Å²) in [7, 11) is -3.77. The van der Waals surface area contributed by atoms with E-state index in [1.807, 2.05) is 12.1 Å². The maximum atomic E-state index is 13.2. The Labute approximate surface area is 227 Å². The minimum absolute atomic E-state index is 0.167. The maximum absolute atomic E-state index is 13.2. The molecule has 2 fully saturated rings. The van der Waals surface area contributed by atoms with Gasteiger partial charge < -0.3 is 10.2 Å². The fraction of sp³-hybridized carbons (Fsp3) is 0.407. The standard InChI is InChI=1S/C27H31ClN4O3S2/c1-19-7-9-21(10-8-19)22-16-20(17-25(30-22)31-13-3-2-4-14-31)18-29-27(33)23-6-5-15-32(23)37(34,35)26-12-11-24(28)36-26/h7-12,16-17,23H,2-6,13-15,18H2,1H3,(H,29,33)/t23-/m0/s1. The quantitative estimate of drug-likeness (QED) is 0.429. The molecule has 4 heterocycles. The minimum Gasteiger partial charge on any atom is -0.357 e. The Kier molecular flexibility index (Phi) is 7.85. The SMILES string of the molecule is Cc1ccc(-c2cc(CNC(=O)[C@@H]3CCCN3S(=O)(=O)c3ccc(Cl)s3)cc(N3CCCCC3)n2)cc1. The van der Waals surface area contributed by atoms with Crippen LogP contribution < -0.4 is 10.2 Å². The van der Waals surface area contributed by atoms with Gasteiger partial charge in [0.1, 0.15) is 16.1 Å². The molecule has 5 rings (SSSR count). The summed E-state index contributed by atoms with van der Waals surface area (Å²) < 4.78 is 28.2. The van der Waals surface area contributed by atoms with E-state index < -0.39 is 16.1 Å². The zero-order valence-electron chi connectivity index (χ0n) is 20.8. The number of aryl methyl sites for hydroxylation is 1. The van der Waals surface area contributed by atoms with Crippen molar-refractivity contribution in [2.24, 2.45) is 0 Å². The number of thiophene rings is 1. The van der Waals surface area contributed by atoms with Crippen LogP contribution in [0.15, 0.2) is 52.7 Å². The number of pyridine rings is 1. The first-order chi connectivity index (χ1) is 17.8. The summed E-state index contributed by atoms with van der Waals surface area (Å²) >= 11 is 6.98. The third kappa shape index (κ3) is 5.85. The molecular weight excluding hydrogens is 528 g/mol. The summed E-state index contributed by atoms with van der Waals surface area (Å²) in [6.07, 6.45) is 4.65. The Bertz CT molecular complexity index is 1370. The lowest BCUT2D eigenvalue weighted by Crippen LogP contribution is -2.45.